The van der Waals surface area contributed by atoms with Gasteiger partial charge in [0.2, 0.25) is 5.91 Å². The van der Waals surface area contributed by atoms with Gasteiger partial charge in [-0.05, 0) is 32.1 Å². The predicted molar refractivity (Wildman–Crippen MR) is 84.4 cm³/mol. The summed E-state index contributed by atoms with van der Waals surface area (Å²) in [5, 5.41) is 0. The molecule has 4 rings (SSSR count). The summed E-state index contributed by atoms with van der Waals surface area (Å²) in [6.07, 6.45) is 9.87. The number of amides is 1. The lowest BCUT2D eigenvalue weighted by Crippen LogP contribution is -2.45. The van der Waals surface area contributed by atoms with Crippen molar-refractivity contribution in [2.24, 2.45) is 0 Å². The van der Waals surface area contributed by atoms with Crippen molar-refractivity contribution < 1.29 is 4.79 Å². The fraction of sp³-hybridized carbons (Fsp3) is 0.765. The molecule has 1 amide bonds. The van der Waals surface area contributed by atoms with Gasteiger partial charge in [0.1, 0.15) is 5.82 Å². The molecule has 0 aliphatic carbocycles. The second-order valence-electron chi connectivity index (χ2n) is 6.97. The summed E-state index contributed by atoms with van der Waals surface area (Å²) in [5.41, 5.74) is 1.38. The predicted octanol–water partition coefficient (Wildman–Crippen LogP) is 1.81. The quantitative estimate of drug-likeness (QED) is 0.855. The maximum Gasteiger partial charge on any atom is 0.222 e. The van der Waals surface area contributed by atoms with Crippen LogP contribution in [0.25, 0.3) is 0 Å². The number of imidazole rings is 1. The summed E-state index contributed by atoms with van der Waals surface area (Å²) in [5.74, 6) is 1.65. The molecule has 0 saturated carbocycles. The summed E-state index contributed by atoms with van der Waals surface area (Å²) >= 11 is 0. The van der Waals surface area contributed by atoms with E-state index in [1.165, 1.54) is 24.4 Å². The third-order valence-electron chi connectivity index (χ3n) is 5.55. The molecule has 2 fully saturated rings. The van der Waals surface area contributed by atoms with E-state index in [2.05, 4.69) is 25.5 Å². The van der Waals surface area contributed by atoms with Gasteiger partial charge in [0.05, 0.1) is 5.69 Å². The van der Waals surface area contributed by atoms with Crippen LogP contribution in [-0.4, -0.2) is 50.9 Å². The molecule has 0 radical (unpaired) electrons. The Morgan fingerprint density at radius 3 is 2.68 bits per heavy atom. The summed E-state index contributed by atoms with van der Waals surface area (Å²) in [6, 6.07) is 0.491. The second kappa shape index (κ2) is 6.03. The number of carbonyl (C=O) groups excluding carboxylic acids is 1. The average Bonchev–Trinajstić information content (AvgIpc) is 3.15. The van der Waals surface area contributed by atoms with Crippen molar-refractivity contribution in [2.45, 2.75) is 64.1 Å². The summed E-state index contributed by atoms with van der Waals surface area (Å²) < 4.78 is 2.43. The van der Waals surface area contributed by atoms with E-state index in [0.717, 1.165) is 64.8 Å². The number of carbonyl (C=O) groups is 1. The minimum absolute atomic E-state index is 0.378. The Balaban J connectivity index is 1.34. The normalized spacial score (nSPS) is 24.0. The van der Waals surface area contributed by atoms with Crippen molar-refractivity contribution in [1.82, 2.24) is 19.4 Å². The van der Waals surface area contributed by atoms with Crippen LogP contribution in [-0.2, 0) is 24.3 Å². The highest BCUT2D eigenvalue weighted by Gasteiger charge is 2.30. The topological polar surface area (TPSA) is 41.4 Å². The summed E-state index contributed by atoms with van der Waals surface area (Å²) in [6.45, 7) is 5.36. The zero-order chi connectivity index (χ0) is 14.9. The largest absolute Gasteiger partial charge is 0.340 e. The molecule has 0 atom stereocenters. The number of rotatable bonds is 3. The van der Waals surface area contributed by atoms with Crippen molar-refractivity contribution in [3.8, 4) is 0 Å². The van der Waals surface area contributed by atoms with E-state index in [4.69, 9.17) is 0 Å². The molecule has 0 bridgehead atoms. The highest BCUT2D eigenvalue weighted by molar-refractivity contribution is 5.78. The maximum absolute atomic E-state index is 11.9. The van der Waals surface area contributed by atoms with Gasteiger partial charge in [0.25, 0.3) is 0 Å². The van der Waals surface area contributed by atoms with Crippen LogP contribution in [0.15, 0.2) is 6.20 Å². The molecule has 1 aromatic rings. The zero-order valence-corrected chi connectivity index (χ0v) is 13.3. The van der Waals surface area contributed by atoms with E-state index in [0.29, 0.717) is 11.9 Å². The summed E-state index contributed by atoms with van der Waals surface area (Å²) in [4.78, 5) is 21.1. The smallest absolute Gasteiger partial charge is 0.222 e. The first-order valence-electron chi connectivity index (χ1n) is 8.86. The number of aromatic nitrogens is 2. The molecule has 0 spiro atoms. The number of piperidine rings is 1. The molecule has 0 aromatic carbocycles. The molecule has 120 valence electrons. The lowest BCUT2D eigenvalue weighted by molar-refractivity contribution is -0.130. The SMILES string of the molecule is O=C1CCCN1C1CCN(Cc2cnc3n2CCCC3)CC1. The van der Waals surface area contributed by atoms with Gasteiger partial charge in [-0.3, -0.25) is 9.69 Å². The molecule has 1 aromatic heterocycles. The van der Waals surface area contributed by atoms with E-state index < -0.39 is 0 Å². The van der Waals surface area contributed by atoms with Crippen LogP contribution >= 0.6 is 0 Å². The standard InChI is InChI=1S/C17H26N4O/c22-17-5-3-9-21(17)14-6-10-19(11-7-14)13-15-12-18-16-4-1-2-8-20(15)16/h12,14H,1-11,13H2. The summed E-state index contributed by atoms with van der Waals surface area (Å²) in [7, 11) is 0. The van der Waals surface area contributed by atoms with Gasteiger partial charge >= 0.3 is 0 Å². The third kappa shape index (κ3) is 2.67. The Labute approximate surface area is 132 Å². The fourth-order valence-electron chi connectivity index (χ4n) is 4.28. The Bertz CT molecular complexity index is 545. The molecular weight excluding hydrogens is 276 g/mol. The Morgan fingerprint density at radius 1 is 1.05 bits per heavy atom. The van der Waals surface area contributed by atoms with Crippen molar-refractivity contribution in [3.05, 3.63) is 17.7 Å². The second-order valence-corrected chi connectivity index (χ2v) is 6.97. The van der Waals surface area contributed by atoms with Gasteiger partial charge in [-0.25, -0.2) is 4.98 Å². The van der Waals surface area contributed by atoms with Crippen LogP contribution in [0, 0.1) is 0 Å². The molecule has 3 aliphatic heterocycles. The maximum atomic E-state index is 11.9. The lowest BCUT2D eigenvalue weighted by atomic mass is 10.0. The first kappa shape index (κ1) is 14.2. The van der Waals surface area contributed by atoms with Crippen molar-refractivity contribution >= 4 is 5.91 Å². The molecule has 4 heterocycles. The lowest BCUT2D eigenvalue weighted by Gasteiger charge is -2.36. The van der Waals surface area contributed by atoms with Crippen LogP contribution in [0.1, 0.15) is 50.0 Å². The molecule has 5 nitrogen and oxygen atoms in total. The van der Waals surface area contributed by atoms with Gasteiger partial charge in [-0.2, -0.15) is 0 Å². The number of aryl methyl sites for hydroxylation is 1. The van der Waals surface area contributed by atoms with Gasteiger partial charge < -0.3 is 9.47 Å². The highest BCUT2D eigenvalue weighted by atomic mass is 16.2. The zero-order valence-electron chi connectivity index (χ0n) is 13.3. The average molecular weight is 302 g/mol. The van der Waals surface area contributed by atoms with Gasteiger partial charge in [-0.15, -0.1) is 0 Å². The molecule has 22 heavy (non-hydrogen) atoms. The van der Waals surface area contributed by atoms with Crippen LogP contribution in [0.4, 0.5) is 0 Å². The number of hydrogen-bond donors (Lipinski definition) is 0. The van der Waals surface area contributed by atoms with Gasteiger partial charge in [-0.1, -0.05) is 0 Å². The molecular formula is C17H26N4O. The van der Waals surface area contributed by atoms with Crippen LogP contribution in [0.2, 0.25) is 0 Å². The van der Waals surface area contributed by atoms with Crippen LogP contribution in [0.5, 0.6) is 0 Å². The van der Waals surface area contributed by atoms with Crippen LogP contribution < -0.4 is 0 Å². The van der Waals surface area contributed by atoms with Crippen LogP contribution in [0.3, 0.4) is 0 Å². The fourth-order valence-corrected chi connectivity index (χ4v) is 4.28. The number of hydrogen-bond acceptors (Lipinski definition) is 3. The van der Waals surface area contributed by atoms with Gasteiger partial charge in [0, 0.05) is 57.8 Å². The van der Waals surface area contributed by atoms with E-state index in [9.17, 15) is 4.79 Å². The number of nitrogens with zero attached hydrogens (tertiary/aromatic N) is 4. The monoisotopic (exact) mass is 302 g/mol. The van der Waals surface area contributed by atoms with Crippen molar-refractivity contribution in [2.75, 3.05) is 19.6 Å². The first-order chi connectivity index (χ1) is 10.8. The minimum Gasteiger partial charge on any atom is -0.340 e. The minimum atomic E-state index is 0.378. The van der Waals surface area contributed by atoms with Crippen molar-refractivity contribution in [3.63, 3.8) is 0 Å². The van der Waals surface area contributed by atoms with Crippen molar-refractivity contribution in [1.29, 1.82) is 0 Å². The van der Waals surface area contributed by atoms with E-state index in [1.54, 1.807) is 0 Å². The number of likely N-dealkylation sites (tertiary alicyclic amines) is 2. The van der Waals surface area contributed by atoms with Gasteiger partial charge in [0.15, 0.2) is 0 Å². The third-order valence-corrected chi connectivity index (χ3v) is 5.55. The first-order valence-corrected chi connectivity index (χ1v) is 8.86. The highest BCUT2D eigenvalue weighted by Crippen LogP contribution is 2.24. The van der Waals surface area contributed by atoms with E-state index >= 15 is 0 Å². The molecule has 0 N–H and O–H groups in total. The molecule has 3 aliphatic rings. The Kier molecular flexibility index (Phi) is 3.90. The van der Waals surface area contributed by atoms with E-state index in [-0.39, 0.29) is 0 Å². The van der Waals surface area contributed by atoms with E-state index in [1.807, 2.05) is 0 Å². The Hall–Kier alpha value is -1.36. The number of fused-ring (bicyclic) bond motifs is 1. The molecule has 0 unspecified atom stereocenters. The molecule has 5 heteroatoms. The Morgan fingerprint density at radius 2 is 1.91 bits per heavy atom. The molecule has 2 saturated heterocycles.